The van der Waals surface area contributed by atoms with Gasteiger partial charge in [0.2, 0.25) is 0 Å². The molecule has 5 nitrogen and oxygen atoms in total. The zero-order valence-electron chi connectivity index (χ0n) is 9.46. The summed E-state index contributed by atoms with van der Waals surface area (Å²) < 4.78 is 0. The van der Waals surface area contributed by atoms with Gasteiger partial charge in [-0.2, -0.15) is 5.11 Å². The average molecular weight is 296 g/mol. The molecule has 0 amide bonds. The normalized spacial score (nSPS) is 10.8. The average Bonchev–Trinajstić information content (AvgIpc) is 2.41. The number of hydrogen-bond donors (Lipinski definition) is 0. The van der Waals surface area contributed by atoms with E-state index in [-0.39, 0.29) is 21.4 Å². The lowest BCUT2D eigenvalue weighted by Crippen LogP contribution is -1.89. The van der Waals surface area contributed by atoms with Gasteiger partial charge in [-0.1, -0.05) is 41.4 Å². The molecule has 0 spiro atoms. The van der Waals surface area contributed by atoms with Gasteiger partial charge in [-0.25, -0.2) is 0 Å². The third-order valence-electron chi connectivity index (χ3n) is 2.27. The van der Waals surface area contributed by atoms with Gasteiger partial charge in [0.25, 0.3) is 5.69 Å². The van der Waals surface area contributed by atoms with E-state index in [1.165, 1.54) is 12.1 Å². The second kappa shape index (κ2) is 5.77. The van der Waals surface area contributed by atoms with Crippen molar-refractivity contribution in [1.82, 2.24) is 0 Å². The van der Waals surface area contributed by atoms with Crippen LogP contribution in [0.3, 0.4) is 0 Å². The van der Waals surface area contributed by atoms with E-state index in [1.54, 1.807) is 12.1 Å². The highest BCUT2D eigenvalue weighted by atomic mass is 35.5. The van der Waals surface area contributed by atoms with E-state index in [2.05, 4.69) is 10.2 Å². The fourth-order valence-corrected chi connectivity index (χ4v) is 1.78. The predicted molar refractivity (Wildman–Crippen MR) is 73.7 cm³/mol. The number of nitro benzene ring substituents is 1. The molecule has 7 heteroatoms. The van der Waals surface area contributed by atoms with E-state index in [0.717, 1.165) is 0 Å². The monoisotopic (exact) mass is 295 g/mol. The Labute approximate surface area is 118 Å². The molecule has 0 bridgehead atoms. The van der Waals surface area contributed by atoms with Gasteiger partial charge >= 0.3 is 0 Å². The highest BCUT2D eigenvalue weighted by molar-refractivity contribution is 6.44. The Balaban J connectivity index is 2.35. The summed E-state index contributed by atoms with van der Waals surface area (Å²) in [6.07, 6.45) is 0. The third-order valence-corrected chi connectivity index (χ3v) is 3.13. The molecule has 0 saturated carbocycles. The molecule has 0 aliphatic heterocycles. The first-order chi connectivity index (χ1) is 9.09. The van der Waals surface area contributed by atoms with E-state index in [0.29, 0.717) is 5.69 Å². The van der Waals surface area contributed by atoms with Crippen molar-refractivity contribution in [2.75, 3.05) is 0 Å². The lowest BCUT2D eigenvalue weighted by Gasteiger charge is -2.00. The first-order valence-corrected chi connectivity index (χ1v) is 5.94. The van der Waals surface area contributed by atoms with Gasteiger partial charge in [0.05, 0.1) is 15.6 Å². The van der Waals surface area contributed by atoms with Crippen LogP contribution in [0.15, 0.2) is 52.7 Å². The minimum Gasteiger partial charge on any atom is -0.258 e. The highest BCUT2D eigenvalue weighted by Gasteiger charge is 2.17. The number of nitrogens with zero attached hydrogens (tertiary/aromatic N) is 3. The molecular weight excluding hydrogens is 289 g/mol. The summed E-state index contributed by atoms with van der Waals surface area (Å²) in [5.41, 5.74) is 0.666. The Morgan fingerprint density at radius 2 is 1.63 bits per heavy atom. The zero-order valence-corrected chi connectivity index (χ0v) is 11.0. The topological polar surface area (TPSA) is 67.9 Å². The summed E-state index contributed by atoms with van der Waals surface area (Å²) in [7, 11) is 0. The zero-order chi connectivity index (χ0) is 13.8. The van der Waals surface area contributed by atoms with Crippen molar-refractivity contribution in [3.8, 4) is 0 Å². The van der Waals surface area contributed by atoms with Crippen molar-refractivity contribution in [2.24, 2.45) is 10.2 Å². The Morgan fingerprint density at radius 1 is 0.947 bits per heavy atom. The van der Waals surface area contributed by atoms with E-state index in [4.69, 9.17) is 23.2 Å². The van der Waals surface area contributed by atoms with Crippen LogP contribution in [0, 0.1) is 10.1 Å². The summed E-state index contributed by atoms with van der Waals surface area (Å²) in [6.45, 7) is 0. The quantitative estimate of drug-likeness (QED) is 0.437. The van der Waals surface area contributed by atoms with Crippen molar-refractivity contribution in [3.63, 3.8) is 0 Å². The molecule has 19 heavy (non-hydrogen) atoms. The van der Waals surface area contributed by atoms with Gasteiger partial charge in [-0.3, -0.25) is 10.1 Å². The molecule has 0 aliphatic carbocycles. The molecule has 0 radical (unpaired) electrons. The maximum absolute atomic E-state index is 10.7. The molecular formula is C12H7Cl2N3O2. The van der Waals surface area contributed by atoms with E-state index in [1.807, 2.05) is 18.2 Å². The highest BCUT2D eigenvalue weighted by Crippen LogP contribution is 2.39. The summed E-state index contributed by atoms with van der Waals surface area (Å²) in [5, 5.41) is 18.4. The van der Waals surface area contributed by atoms with Gasteiger partial charge < -0.3 is 0 Å². The van der Waals surface area contributed by atoms with Crippen molar-refractivity contribution >= 4 is 40.3 Å². The van der Waals surface area contributed by atoms with Crippen LogP contribution < -0.4 is 0 Å². The smallest absolute Gasteiger partial charge is 0.258 e. The van der Waals surface area contributed by atoms with Crippen LogP contribution in [0.4, 0.5) is 17.1 Å². The van der Waals surface area contributed by atoms with Crippen LogP contribution in [0.5, 0.6) is 0 Å². The van der Waals surface area contributed by atoms with Crippen LogP contribution in [0.25, 0.3) is 0 Å². The molecule has 0 heterocycles. The van der Waals surface area contributed by atoms with Crippen LogP contribution in [0.1, 0.15) is 0 Å². The largest absolute Gasteiger partial charge is 0.289 e. The second-order valence-electron chi connectivity index (χ2n) is 3.52. The molecule has 2 rings (SSSR count). The number of hydrogen-bond acceptors (Lipinski definition) is 4. The Bertz CT molecular complexity index is 645. The van der Waals surface area contributed by atoms with Gasteiger partial charge in [0, 0.05) is 6.07 Å². The van der Waals surface area contributed by atoms with Crippen LogP contribution >= 0.6 is 23.2 Å². The van der Waals surface area contributed by atoms with Gasteiger partial charge in [0.1, 0.15) is 10.7 Å². The maximum atomic E-state index is 10.7. The third kappa shape index (κ3) is 3.07. The molecule has 0 N–H and O–H groups in total. The fraction of sp³-hybridized carbons (Fsp3) is 0. The Hall–Kier alpha value is -1.98. The minimum atomic E-state index is -0.605. The number of rotatable bonds is 3. The second-order valence-corrected chi connectivity index (χ2v) is 4.28. The van der Waals surface area contributed by atoms with Crippen LogP contribution in [0.2, 0.25) is 10.0 Å². The molecule has 0 aromatic heterocycles. The maximum Gasteiger partial charge on any atom is 0.289 e. The lowest BCUT2D eigenvalue weighted by atomic mass is 10.3. The lowest BCUT2D eigenvalue weighted by molar-refractivity contribution is -0.384. The summed E-state index contributed by atoms with van der Waals surface area (Å²) in [5.74, 6) is 0. The fourth-order valence-electron chi connectivity index (χ4n) is 1.35. The summed E-state index contributed by atoms with van der Waals surface area (Å²) in [6, 6.07) is 11.7. The number of nitro groups is 1. The van der Waals surface area contributed by atoms with E-state index < -0.39 is 4.92 Å². The van der Waals surface area contributed by atoms with Crippen LogP contribution in [-0.2, 0) is 0 Å². The molecule has 2 aromatic carbocycles. The molecule has 0 aliphatic rings. The first kappa shape index (κ1) is 13.5. The number of halogens is 2. The molecule has 0 fully saturated rings. The molecule has 0 unspecified atom stereocenters. The van der Waals surface area contributed by atoms with Crippen molar-refractivity contribution < 1.29 is 4.92 Å². The predicted octanol–water partition coefficient (Wildman–Crippen LogP) is 5.32. The van der Waals surface area contributed by atoms with Gasteiger partial charge in [0.15, 0.2) is 0 Å². The van der Waals surface area contributed by atoms with Gasteiger partial charge in [-0.15, -0.1) is 5.11 Å². The minimum absolute atomic E-state index is 0.00977. The van der Waals surface area contributed by atoms with Crippen molar-refractivity contribution in [3.05, 3.63) is 62.6 Å². The Kier molecular flexibility index (Phi) is 4.09. The summed E-state index contributed by atoms with van der Waals surface area (Å²) in [4.78, 5) is 10.1. The Morgan fingerprint density at radius 3 is 2.26 bits per heavy atom. The summed E-state index contributed by atoms with van der Waals surface area (Å²) >= 11 is 11.7. The SMILES string of the molecule is O=[N+]([O-])c1ccc(N=Nc2ccccc2)c(Cl)c1Cl. The molecule has 0 saturated heterocycles. The molecule has 0 atom stereocenters. The standard InChI is InChI=1S/C12H7Cl2N3O2/c13-11-9(6-7-10(12(11)14)17(18)19)16-15-8-4-2-1-3-5-8/h1-7H. The number of benzene rings is 2. The van der Waals surface area contributed by atoms with Gasteiger partial charge in [-0.05, 0) is 18.2 Å². The van der Waals surface area contributed by atoms with E-state index >= 15 is 0 Å². The molecule has 96 valence electrons. The van der Waals surface area contributed by atoms with Crippen molar-refractivity contribution in [2.45, 2.75) is 0 Å². The first-order valence-electron chi connectivity index (χ1n) is 5.19. The number of azo groups is 1. The van der Waals surface area contributed by atoms with Crippen molar-refractivity contribution in [1.29, 1.82) is 0 Å². The van der Waals surface area contributed by atoms with E-state index in [9.17, 15) is 10.1 Å². The molecule has 2 aromatic rings. The van der Waals surface area contributed by atoms with Crippen LogP contribution in [-0.4, -0.2) is 4.92 Å².